The molecule has 0 atom stereocenters. The molecule has 4 heteroatoms. The Morgan fingerprint density at radius 2 is 2.20 bits per heavy atom. The summed E-state index contributed by atoms with van der Waals surface area (Å²) in [5.41, 5.74) is 2.01. The van der Waals surface area contributed by atoms with Crippen molar-refractivity contribution in [2.45, 2.75) is 13.8 Å². The van der Waals surface area contributed by atoms with Gasteiger partial charge in [0, 0.05) is 18.8 Å². The van der Waals surface area contributed by atoms with Crippen LogP contribution in [-0.4, -0.2) is 20.7 Å². The van der Waals surface area contributed by atoms with Crippen LogP contribution in [0, 0.1) is 6.92 Å². The molecule has 76 valence electrons. The first kappa shape index (κ1) is 9.58. The van der Waals surface area contributed by atoms with Crippen LogP contribution in [0.25, 0.3) is 11.5 Å². The van der Waals surface area contributed by atoms with Crippen molar-refractivity contribution in [2.24, 2.45) is 0 Å². The third-order valence-corrected chi connectivity index (χ3v) is 2.13. The maximum Gasteiger partial charge on any atom is 0.179 e. The van der Waals surface area contributed by atoms with E-state index in [1.54, 1.807) is 6.20 Å². The number of nitrogens with zero attached hydrogens (tertiary/aromatic N) is 2. The third-order valence-electron chi connectivity index (χ3n) is 2.13. The molecule has 0 aliphatic carbocycles. The molecule has 0 aliphatic rings. The van der Waals surface area contributed by atoms with Gasteiger partial charge in [0.05, 0.1) is 0 Å². The molecular weight excluding hydrogens is 190 g/mol. The average molecular weight is 201 g/mol. The number of nitrogens with one attached hydrogen (secondary N) is 1. The van der Waals surface area contributed by atoms with Crippen LogP contribution in [0.5, 0.6) is 0 Å². The Balaban J connectivity index is 2.48. The molecule has 2 aromatic rings. The van der Waals surface area contributed by atoms with Crippen LogP contribution in [-0.2, 0) is 0 Å². The Morgan fingerprint density at radius 1 is 1.40 bits per heavy atom. The van der Waals surface area contributed by atoms with Gasteiger partial charge in [0.1, 0.15) is 11.4 Å². The summed E-state index contributed by atoms with van der Waals surface area (Å²) in [6.45, 7) is 3.33. The maximum absolute atomic E-state index is 11.2. The molecule has 0 spiro atoms. The first-order chi connectivity index (χ1) is 7.18. The number of ketones is 1. The lowest BCUT2D eigenvalue weighted by Crippen LogP contribution is -1.94. The Morgan fingerprint density at radius 3 is 2.73 bits per heavy atom. The lowest BCUT2D eigenvalue weighted by atomic mass is 10.3. The molecule has 15 heavy (non-hydrogen) atoms. The highest BCUT2D eigenvalue weighted by atomic mass is 16.1. The monoisotopic (exact) mass is 201 g/mol. The van der Waals surface area contributed by atoms with Crippen LogP contribution < -0.4 is 0 Å². The smallest absolute Gasteiger partial charge is 0.179 e. The predicted molar refractivity (Wildman–Crippen MR) is 56.6 cm³/mol. The van der Waals surface area contributed by atoms with Gasteiger partial charge in [-0.15, -0.1) is 0 Å². The summed E-state index contributed by atoms with van der Waals surface area (Å²) in [6.07, 6.45) is 1.70. The first-order valence-electron chi connectivity index (χ1n) is 4.67. The largest absolute Gasteiger partial charge is 0.340 e. The second kappa shape index (κ2) is 3.65. The number of aryl methyl sites for hydroxylation is 1. The van der Waals surface area contributed by atoms with Crippen molar-refractivity contribution in [2.75, 3.05) is 0 Å². The van der Waals surface area contributed by atoms with E-state index < -0.39 is 0 Å². The summed E-state index contributed by atoms with van der Waals surface area (Å²) in [6, 6.07) is 5.57. The van der Waals surface area contributed by atoms with Crippen LogP contribution in [0.1, 0.15) is 23.1 Å². The molecule has 0 saturated heterocycles. The molecule has 0 bridgehead atoms. The zero-order valence-electron chi connectivity index (χ0n) is 8.61. The van der Waals surface area contributed by atoms with E-state index in [1.165, 1.54) is 6.92 Å². The van der Waals surface area contributed by atoms with Crippen molar-refractivity contribution in [1.29, 1.82) is 0 Å². The first-order valence-corrected chi connectivity index (χ1v) is 4.67. The van der Waals surface area contributed by atoms with Crippen molar-refractivity contribution in [3.05, 3.63) is 35.8 Å². The normalized spacial score (nSPS) is 10.3. The van der Waals surface area contributed by atoms with Gasteiger partial charge >= 0.3 is 0 Å². The molecule has 0 aliphatic heterocycles. The Bertz CT molecular complexity index is 488. The predicted octanol–water partition coefficient (Wildman–Crippen LogP) is 1.98. The van der Waals surface area contributed by atoms with Crippen molar-refractivity contribution in [3.8, 4) is 11.5 Å². The second-order valence-corrected chi connectivity index (χ2v) is 3.33. The van der Waals surface area contributed by atoms with Gasteiger partial charge in [-0.3, -0.25) is 9.78 Å². The topological polar surface area (TPSA) is 58.6 Å². The van der Waals surface area contributed by atoms with Gasteiger partial charge in [-0.05, 0) is 19.1 Å². The summed E-state index contributed by atoms with van der Waals surface area (Å²) >= 11 is 0. The van der Waals surface area contributed by atoms with E-state index in [0.29, 0.717) is 11.5 Å². The highest BCUT2D eigenvalue weighted by Crippen LogP contribution is 2.15. The third kappa shape index (κ3) is 1.79. The number of aromatic amines is 1. The van der Waals surface area contributed by atoms with Gasteiger partial charge in [-0.1, -0.05) is 6.07 Å². The summed E-state index contributed by atoms with van der Waals surface area (Å²) < 4.78 is 0. The molecule has 0 aromatic carbocycles. The maximum atomic E-state index is 11.2. The quantitative estimate of drug-likeness (QED) is 0.756. The number of carbonyl (C=O) groups is 1. The molecule has 2 aromatic heterocycles. The van der Waals surface area contributed by atoms with Gasteiger partial charge in [0.2, 0.25) is 0 Å². The fourth-order valence-corrected chi connectivity index (χ4v) is 1.43. The van der Waals surface area contributed by atoms with Crippen LogP contribution in [0.2, 0.25) is 0 Å². The molecule has 4 nitrogen and oxygen atoms in total. The standard InChI is InChI=1S/C11H11N3O/c1-7-10(8(2)15)14-11(13-7)9-5-3-4-6-12-9/h3-6H,1-2H3,(H,13,14). The van der Waals surface area contributed by atoms with Crippen LogP contribution in [0.4, 0.5) is 0 Å². The molecule has 1 N–H and O–H groups in total. The average Bonchev–Trinajstić information content (AvgIpc) is 2.62. The molecule has 0 saturated carbocycles. The summed E-state index contributed by atoms with van der Waals surface area (Å²) in [5, 5.41) is 0. The Hall–Kier alpha value is -1.97. The minimum Gasteiger partial charge on any atom is -0.340 e. The molecular formula is C11H11N3O. The van der Waals surface area contributed by atoms with Crippen molar-refractivity contribution in [1.82, 2.24) is 15.0 Å². The van der Waals surface area contributed by atoms with Crippen molar-refractivity contribution in [3.63, 3.8) is 0 Å². The van der Waals surface area contributed by atoms with Crippen molar-refractivity contribution >= 4 is 5.78 Å². The van der Waals surface area contributed by atoms with Crippen LogP contribution in [0.15, 0.2) is 24.4 Å². The fraction of sp³-hybridized carbons (Fsp3) is 0.182. The highest BCUT2D eigenvalue weighted by Gasteiger charge is 2.11. The Kier molecular flexibility index (Phi) is 2.33. The lowest BCUT2D eigenvalue weighted by molar-refractivity contribution is 0.101. The summed E-state index contributed by atoms with van der Waals surface area (Å²) in [4.78, 5) is 22.6. The number of imidazole rings is 1. The summed E-state index contributed by atoms with van der Waals surface area (Å²) in [7, 11) is 0. The number of aromatic nitrogens is 3. The zero-order chi connectivity index (χ0) is 10.8. The summed E-state index contributed by atoms with van der Waals surface area (Å²) in [5.74, 6) is 0.601. The van der Waals surface area contributed by atoms with Gasteiger partial charge in [-0.25, -0.2) is 4.98 Å². The van der Waals surface area contributed by atoms with Gasteiger partial charge < -0.3 is 4.98 Å². The molecule has 0 amide bonds. The minimum absolute atomic E-state index is 0.0362. The van der Waals surface area contributed by atoms with Gasteiger partial charge in [0.25, 0.3) is 0 Å². The fourth-order valence-electron chi connectivity index (χ4n) is 1.43. The van der Waals surface area contributed by atoms with E-state index in [9.17, 15) is 4.79 Å². The van der Waals surface area contributed by atoms with Crippen molar-refractivity contribution < 1.29 is 4.79 Å². The van der Waals surface area contributed by atoms with E-state index in [1.807, 2.05) is 25.1 Å². The zero-order valence-corrected chi connectivity index (χ0v) is 8.61. The Labute approximate surface area is 87.4 Å². The number of hydrogen-bond acceptors (Lipinski definition) is 3. The van der Waals surface area contributed by atoms with Gasteiger partial charge in [0.15, 0.2) is 11.6 Å². The number of pyridine rings is 1. The number of hydrogen-bond donors (Lipinski definition) is 1. The highest BCUT2D eigenvalue weighted by molar-refractivity contribution is 5.93. The lowest BCUT2D eigenvalue weighted by Gasteiger charge is -1.92. The molecule has 0 fully saturated rings. The van der Waals surface area contributed by atoms with E-state index >= 15 is 0 Å². The van der Waals surface area contributed by atoms with Crippen LogP contribution in [0.3, 0.4) is 0 Å². The molecule has 2 rings (SSSR count). The number of carbonyl (C=O) groups excluding carboxylic acids is 1. The van der Waals surface area contributed by atoms with Crippen LogP contribution >= 0.6 is 0 Å². The number of Topliss-reactive ketones (excluding diaryl/α,β-unsaturated/α-hetero) is 1. The molecule has 2 heterocycles. The van der Waals surface area contributed by atoms with E-state index in [4.69, 9.17) is 0 Å². The molecule has 0 radical (unpaired) electrons. The molecule has 0 unspecified atom stereocenters. The van der Waals surface area contributed by atoms with E-state index in [-0.39, 0.29) is 5.78 Å². The number of H-pyrrole nitrogens is 1. The van der Waals surface area contributed by atoms with E-state index in [0.717, 1.165) is 11.4 Å². The van der Waals surface area contributed by atoms with Gasteiger partial charge in [-0.2, -0.15) is 0 Å². The minimum atomic E-state index is -0.0362. The SMILES string of the molecule is CC(=O)c1nc(-c2ccccn2)[nH]c1C. The van der Waals surface area contributed by atoms with E-state index in [2.05, 4.69) is 15.0 Å². The number of rotatable bonds is 2. The second-order valence-electron chi connectivity index (χ2n) is 3.33.